The molecule has 0 unspecified atom stereocenters. The van der Waals surface area contributed by atoms with E-state index in [1.807, 2.05) is 17.5 Å². The Morgan fingerprint density at radius 3 is 2.76 bits per heavy atom. The van der Waals surface area contributed by atoms with Crippen molar-refractivity contribution in [3.05, 3.63) is 39.6 Å². The molecule has 0 aliphatic rings. The molecule has 2 rings (SSSR count). The fourth-order valence-electron chi connectivity index (χ4n) is 2.30. The zero-order valence-electron chi connectivity index (χ0n) is 13.9. The van der Waals surface area contributed by atoms with Gasteiger partial charge in [0.15, 0.2) is 0 Å². The third kappa shape index (κ3) is 4.68. The van der Waals surface area contributed by atoms with Gasteiger partial charge in [-0.3, -0.25) is 0 Å². The van der Waals surface area contributed by atoms with E-state index in [0.29, 0.717) is 0 Å². The van der Waals surface area contributed by atoms with E-state index < -0.39 is 0 Å². The van der Waals surface area contributed by atoms with Crippen LogP contribution in [0.1, 0.15) is 55.3 Å². The van der Waals surface area contributed by atoms with E-state index in [-0.39, 0.29) is 5.54 Å². The van der Waals surface area contributed by atoms with Gasteiger partial charge < -0.3 is 9.88 Å². The van der Waals surface area contributed by atoms with Gasteiger partial charge in [0.1, 0.15) is 5.82 Å². The van der Waals surface area contributed by atoms with Crippen molar-refractivity contribution in [2.24, 2.45) is 0 Å². The van der Waals surface area contributed by atoms with Crippen LogP contribution < -0.4 is 5.32 Å². The Morgan fingerprint density at radius 2 is 2.10 bits per heavy atom. The Kier molecular flexibility index (Phi) is 5.22. The molecule has 21 heavy (non-hydrogen) atoms. The average molecular weight is 305 g/mol. The molecule has 3 nitrogen and oxygen atoms in total. The Balaban J connectivity index is 2.07. The standard InChI is InChI=1S/C17H27N3S/c1-6-7-16-18-8-9-20(16)12-14-10-15(21-13(14)2)11-19-17(3,4)5/h8-10,19H,6-7,11-12H2,1-5H3. The van der Waals surface area contributed by atoms with Gasteiger partial charge in [-0.2, -0.15) is 0 Å². The minimum absolute atomic E-state index is 0.163. The first kappa shape index (κ1) is 16.2. The van der Waals surface area contributed by atoms with Gasteiger partial charge in [-0.1, -0.05) is 6.92 Å². The van der Waals surface area contributed by atoms with Gasteiger partial charge in [0.05, 0.1) is 0 Å². The van der Waals surface area contributed by atoms with Gasteiger partial charge in [0.2, 0.25) is 0 Å². The first-order valence-electron chi connectivity index (χ1n) is 7.72. The second kappa shape index (κ2) is 6.75. The number of aryl methyl sites for hydroxylation is 2. The zero-order chi connectivity index (χ0) is 15.5. The topological polar surface area (TPSA) is 29.9 Å². The van der Waals surface area contributed by atoms with Crippen molar-refractivity contribution in [2.45, 2.75) is 66.1 Å². The van der Waals surface area contributed by atoms with Crippen LogP contribution >= 0.6 is 11.3 Å². The van der Waals surface area contributed by atoms with Crippen LogP contribution in [0.4, 0.5) is 0 Å². The monoisotopic (exact) mass is 305 g/mol. The van der Waals surface area contributed by atoms with Crippen molar-refractivity contribution in [3.63, 3.8) is 0 Å². The second-order valence-corrected chi connectivity index (χ2v) is 7.96. The Bertz CT molecular complexity index is 575. The van der Waals surface area contributed by atoms with Crippen LogP contribution in [-0.2, 0) is 19.5 Å². The second-order valence-electron chi connectivity index (χ2n) is 6.62. The van der Waals surface area contributed by atoms with Crippen LogP contribution in [0, 0.1) is 6.92 Å². The molecule has 4 heteroatoms. The van der Waals surface area contributed by atoms with Gasteiger partial charge in [-0.25, -0.2) is 4.98 Å². The number of rotatable bonds is 6. The van der Waals surface area contributed by atoms with Crippen molar-refractivity contribution >= 4 is 11.3 Å². The highest BCUT2D eigenvalue weighted by molar-refractivity contribution is 7.12. The molecule has 0 saturated heterocycles. The zero-order valence-corrected chi connectivity index (χ0v) is 14.7. The maximum Gasteiger partial charge on any atom is 0.108 e. The van der Waals surface area contributed by atoms with Crippen molar-refractivity contribution in [1.82, 2.24) is 14.9 Å². The highest BCUT2D eigenvalue weighted by Crippen LogP contribution is 2.23. The molecule has 0 spiro atoms. The molecule has 1 N–H and O–H groups in total. The molecule has 0 bridgehead atoms. The maximum atomic E-state index is 4.46. The fraction of sp³-hybridized carbons (Fsp3) is 0.588. The van der Waals surface area contributed by atoms with Crippen LogP contribution in [0.15, 0.2) is 18.5 Å². The molecule has 0 radical (unpaired) electrons. The van der Waals surface area contributed by atoms with Crippen LogP contribution in [0.3, 0.4) is 0 Å². The molecular weight excluding hydrogens is 278 g/mol. The van der Waals surface area contributed by atoms with Crippen LogP contribution in [0.25, 0.3) is 0 Å². The van der Waals surface area contributed by atoms with Gasteiger partial charge in [-0.05, 0) is 45.7 Å². The number of hydrogen-bond donors (Lipinski definition) is 1. The quantitative estimate of drug-likeness (QED) is 0.869. The normalized spacial score (nSPS) is 12.0. The third-order valence-corrected chi connectivity index (χ3v) is 4.57. The number of nitrogens with one attached hydrogen (secondary N) is 1. The summed E-state index contributed by atoms with van der Waals surface area (Å²) in [6.45, 7) is 12.9. The highest BCUT2D eigenvalue weighted by Gasteiger charge is 2.12. The SMILES string of the molecule is CCCc1nccn1Cc1cc(CNC(C)(C)C)sc1C. The smallest absolute Gasteiger partial charge is 0.108 e. The molecule has 2 aromatic heterocycles. The van der Waals surface area contributed by atoms with Gasteiger partial charge in [-0.15, -0.1) is 11.3 Å². The predicted molar refractivity (Wildman–Crippen MR) is 91.0 cm³/mol. The van der Waals surface area contributed by atoms with E-state index in [9.17, 15) is 0 Å². The first-order valence-corrected chi connectivity index (χ1v) is 8.54. The largest absolute Gasteiger partial charge is 0.330 e. The molecule has 0 aromatic carbocycles. The molecule has 0 aliphatic heterocycles. The summed E-state index contributed by atoms with van der Waals surface area (Å²) >= 11 is 1.90. The van der Waals surface area contributed by atoms with E-state index in [4.69, 9.17) is 0 Å². The lowest BCUT2D eigenvalue weighted by molar-refractivity contribution is 0.426. The Labute approximate surface area is 132 Å². The third-order valence-electron chi connectivity index (χ3n) is 3.48. The summed E-state index contributed by atoms with van der Waals surface area (Å²) < 4.78 is 2.28. The van der Waals surface area contributed by atoms with E-state index in [0.717, 1.165) is 25.9 Å². The van der Waals surface area contributed by atoms with Gasteiger partial charge >= 0.3 is 0 Å². The minimum Gasteiger partial charge on any atom is -0.330 e. The lowest BCUT2D eigenvalue weighted by Crippen LogP contribution is -2.34. The number of hydrogen-bond acceptors (Lipinski definition) is 3. The fourth-order valence-corrected chi connectivity index (χ4v) is 3.30. The summed E-state index contributed by atoms with van der Waals surface area (Å²) in [7, 11) is 0. The number of aromatic nitrogens is 2. The molecular formula is C17H27N3S. The van der Waals surface area contributed by atoms with E-state index in [2.05, 4.69) is 61.7 Å². The summed E-state index contributed by atoms with van der Waals surface area (Å²) in [5.74, 6) is 1.19. The van der Waals surface area contributed by atoms with Crippen molar-refractivity contribution < 1.29 is 0 Å². The van der Waals surface area contributed by atoms with Crippen molar-refractivity contribution in [1.29, 1.82) is 0 Å². The molecule has 0 aliphatic carbocycles. The first-order chi connectivity index (χ1) is 9.89. The molecule has 0 saturated carbocycles. The molecule has 2 heterocycles. The van der Waals surface area contributed by atoms with Crippen LogP contribution in [0.2, 0.25) is 0 Å². The summed E-state index contributed by atoms with van der Waals surface area (Å²) in [6, 6.07) is 2.34. The van der Waals surface area contributed by atoms with Crippen LogP contribution in [0.5, 0.6) is 0 Å². The minimum atomic E-state index is 0.163. The van der Waals surface area contributed by atoms with Gasteiger partial charge in [0, 0.05) is 47.2 Å². The summed E-state index contributed by atoms with van der Waals surface area (Å²) in [4.78, 5) is 7.29. The number of imidazole rings is 1. The van der Waals surface area contributed by atoms with E-state index in [1.165, 1.54) is 21.1 Å². The average Bonchev–Trinajstić information content (AvgIpc) is 2.96. The molecule has 0 amide bonds. The predicted octanol–water partition coefficient (Wildman–Crippen LogP) is 4.14. The summed E-state index contributed by atoms with van der Waals surface area (Å²) in [6.07, 6.45) is 6.19. The molecule has 2 aromatic rings. The Morgan fingerprint density at radius 1 is 1.33 bits per heavy atom. The molecule has 116 valence electrons. The van der Waals surface area contributed by atoms with Gasteiger partial charge in [0.25, 0.3) is 0 Å². The van der Waals surface area contributed by atoms with E-state index >= 15 is 0 Å². The Hall–Kier alpha value is -1.13. The lowest BCUT2D eigenvalue weighted by atomic mass is 10.1. The number of nitrogens with zero attached hydrogens (tertiary/aromatic N) is 2. The molecule has 0 atom stereocenters. The van der Waals surface area contributed by atoms with E-state index in [1.54, 1.807) is 0 Å². The highest BCUT2D eigenvalue weighted by atomic mass is 32.1. The lowest BCUT2D eigenvalue weighted by Gasteiger charge is -2.19. The summed E-state index contributed by atoms with van der Waals surface area (Å²) in [5.41, 5.74) is 1.58. The van der Waals surface area contributed by atoms with Crippen LogP contribution in [-0.4, -0.2) is 15.1 Å². The molecule has 0 fully saturated rings. The maximum absolute atomic E-state index is 4.46. The summed E-state index contributed by atoms with van der Waals surface area (Å²) in [5, 5.41) is 3.56. The van der Waals surface area contributed by atoms with Crippen molar-refractivity contribution in [3.8, 4) is 0 Å². The number of thiophene rings is 1. The van der Waals surface area contributed by atoms with Crippen molar-refractivity contribution in [2.75, 3.05) is 0 Å².